The van der Waals surface area contributed by atoms with Gasteiger partial charge in [-0.25, -0.2) is 0 Å². The number of nitrogens with zero attached hydrogens (tertiary/aromatic N) is 2. The van der Waals surface area contributed by atoms with Crippen LogP contribution in [-0.2, 0) is 0 Å². The highest BCUT2D eigenvalue weighted by Crippen LogP contribution is 1.88. The molecule has 0 aromatic carbocycles. The first kappa shape index (κ1) is 9.47. The molecule has 0 aromatic rings. The molecule has 0 N–H and O–H groups in total. The summed E-state index contributed by atoms with van der Waals surface area (Å²) in [5.74, 6) is 1.34. The highest BCUT2D eigenvalue weighted by molar-refractivity contribution is 5.74. The SMILES string of the molecule is CCN(CC)C(C)=[N+](C)C. The van der Waals surface area contributed by atoms with Crippen LogP contribution in [0.4, 0.5) is 0 Å². The molecule has 0 rings (SSSR count). The van der Waals surface area contributed by atoms with Crippen LogP contribution in [0.5, 0.6) is 0 Å². The average molecular weight is 143 g/mol. The lowest BCUT2D eigenvalue weighted by atomic mass is 10.4. The molecule has 0 aliphatic heterocycles. The Morgan fingerprint density at radius 1 is 1.20 bits per heavy atom. The van der Waals surface area contributed by atoms with Crippen LogP contribution >= 0.6 is 0 Å². The molecule has 0 aliphatic carbocycles. The van der Waals surface area contributed by atoms with Gasteiger partial charge in [-0.15, -0.1) is 0 Å². The Labute approximate surface area is 64.2 Å². The molecular weight excluding hydrogens is 124 g/mol. The van der Waals surface area contributed by atoms with Crippen LogP contribution in [0.25, 0.3) is 0 Å². The smallest absolute Gasteiger partial charge is 0.243 e. The van der Waals surface area contributed by atoms with Gasteiger partial charge in [0, 0.05) is 6.92 Å². The maximum atomic E-state index is 2.33. The summed E-state index contributed by atoms with van der Waals surface area (Å²) in [5.41, 5.74) is 0. The third-order valence-corrected chi connectivity index (χ3v) is 1.87. The predicted molar refractivity (Wildman–Crippen MR) is 45.7 cm³/mol. The van der Waals surface area contributed by atoms with Crippen molar-refractivity contribution in [2.75, 3.05) is 27.2 Å². The van der Waals surface area contributed by atoms with E-state index in [2.05, 4.69) is 44.3 Å². The van der Waals surface area contributed by atoms with Crippen LogP contribution in [0, 0.1) is 0 Å². The van der Waals surface area contributed by atoms with Gasteiger partial charge >= 0.3 is 0 Å². The fourth-order valence-electron chi connectivity index (χ4n) is 0.964. The summed E-state index contributed by atoms with van der Waals surface area (Å²) in [7, 11) is 4.15. The molecular formula is C8H19N2+. The number of hydrogen-bond donors (Lipinski definition) is 0. The monoisotopic (exact) mass is 143 g/mol. The van der Waals surface area contributed by atoms with Crippen molar-refractivity contribution in [1.82, 2.24) is 4.90 Å². The maximum absolute atomic E-state index is 2.33. The molecule has 2 nitrogen and oxygen atoms in total. The summed E-state index contributed by atoms with van der Waals surface area (Å²) in [4.78, 5) is 2.33. The van der Waals surface area contributed by atoms with Gasteiger partial charge in [0.1, 0.15) is 0 Å². The van der Waals surface area contributed by atoms with Gasteiger partial charge in [-0.1, -0.05) is 0 Å². The maximum Gasteiger partial charge on any atom is 0.243 e. The number of amidine groups is 1. The van der Waals surface area contributed by atoms with E-state index in [0.717, 1.165) is 13.1 Å². The molecule has 0 radical (unpaired) electrons. The van der Waals surface area contributed by atoms with Gasteiger partial charge in [-0.2, -0.15) is 0 Å². The van der Waals surface area contributed by atoms with E-state index in [1.165, 1.54) is 5.84 Å². The first-order chi connectivity index (χ1) is 4.63. The van der Waals surface area contributed by atoms with Crippen molar-refractivity contribution in [2.24, 2.45) is 0 Å². The van der Waals surface area contributed by atoms with Crippen LogP contribution in [-0.4, -0.2) is 42.5 Å². The minimum Gasteiger partial charge on any atom is -0.271 e. The molecule has 0 heterocycles. The Morgan fingerprint density at radius 3 is 1.70 bits per heavy atom. The van der Waals surface area contributed by atoms with Crippen LogP contribution < -0.4 is 0 Å². The fourth-order valence-corrected chi connectivity index (χ4v) is 0.964. The zero-order valence-corrected chi connectivity index (χ0v) is 7.81. The van der Waals surface area contributed by atoms with Crippen molar-refractivity contribution < 1.29 is 4.58 Å². The quantitative estimate of drug-likeness (QED) is 0.318. The van der Waals surface area contributed by atoms with E-state index in [9.17, 15) is 0 Å². The molecule has 0 fully saturated rings. The van der Waals surface area contributed by atoms with Crippen LogP contribution in [0.1, 0.15) is 20.8 Å². The highest BCUT2D eigenvalue weighted by atomic mass is 15.2. The Hall–Kier alpha value is -0.530. The van der Waals surface area contributed by atoms with E-state index in [1.54, 1.807) is 0 Å². The van der Waals surface area contributed by atoms with Gasteiger partial charge < -0.3 is 0 Å². The summed E-state index contributed by atoms with van der Waals surface area (Å²) in [6.07, 6.45) is 0. The van der Waals surface area contributed by atoms with Crippen molar-refractivity contribution in [3.63, 3.8) is 0 Å². The van der Waals surface area contributed by atoms with Gasteiger partial charge in [-0.3, -0.25) is 9.48 Å². The van der Waals surface area contributed by atoms with E-state index in [1.807, 2.05) is 0 Å². The molecule has 0 bridgehead atoms. The zero-order valence-electron chi connectivity index (χ0n) is 7.81. The average Bonchev–Trinajstić information content (AvgIpc) is 1.90. The molecule has 0 aliphatic rings. The topological polar surface area (TPSA) is 6.25 Å². The Bertz CT molecular complexity index is 119. The second kappa shape index (κ2) is 4.31. The van der Waals surface area contributed by atoms with Crippen molar-refractivity contribution in [3.8, 4) is 0 Å². The Balaban J connectivity index is 4.15. The summed E-state index contributed by atoms with van der Waals surface area (Å²) in [5, 5.41) is 0. The molecule has 0 spiro atoms. The van der Waals surface area contributed by atoms with E-state index in [4.69, 9.17) is 0 Å². The molecule has 0 atom stereocenters. The highest BCUT2D eigenvalue weighted by Gasteiger charge is 2.08. The fraction of sp³-hybridized carbons (Fsp3) is 0.875. The second-order valence-electron chi connectivity index (χ2n) is 2.61. The first-order valence-corrected chi connectivity index (χ1v) is 3.89. The third-order valence-electron chi connectivity index (χ3n) is 1.87. The second-order valence-corrected chi connectivity index (χ2v) is 2.61. The van der Waals surface area contributed by atoms with Crippen molar-refractivity contribution >= 4 is 5.84 Å². The van der Waals surface area contributed by atoms with Gasteiger partial charge in [0.25, 0.3) is 0 Å². The minimum atomic E-state index is 1.10. The first-order valence-electron chi connectivity index (χ1n) is 3.89. The van der Waals surface area contributed by atoms with E-state index in [-0.39, 0.29) is 0 Å². The number of hydrogen-bond acceptors (Lipinski definition) is 0. The molecule has 2 heteroatoms. The van der Waals surface area contributed by atoms with E-state index >= 15 is 0 Å². The standard InChI is InChI=1S/C8H19N2/c1-6-10(7-2)8(3)9(4)5/h6-7H2,1-5H3/q+1. The summed E-state index contributed by atoms with van der Waals surface area (Å²) in [6.45, 7) is 8.70. The largest absolute Gasteiger partial charge is 0.271 e. The lowest BCUT2D eigenvalue weighted by Crippen LogP contribution is -2.33. The third kappa shape index (κ3) is 2.38. The summed E-state index contributed by atoms with van der Waals surface area (Å²) < 4.78 is 2.15. The van der Waals surface area contributed by atoms with Crippen molar-refractivity contribution in [3.05, 3.63) is 0 Å². The van der Waals surface area contributed by atoms with Gasteiger partial charge in [-0.05, 0) is 13.8 Å². The molecule has 0 saturated heterocycles. The van der Waals surface area contributed by atoms with Gasteiger partial charge in [0.05, 0.1) is 27.2 Å². The number of rotatable bonds is 2. The van der Waals surface area contributed by atoms with Crippen LogP contribution in [0.3, 0.4) is 0 Å². The Morgan fingerprint density at radius 2 is 1.60 bits per heavy atom. The molecule has 10 heavy (non-hydrogen) atoms. The summed E-state index contributed by atoms with van der Waals surface area (Å²) >= 11 is 0. The minimum absolute atomic E-state index is 1.10. The lowest BCUT2D eigenvalue weighted by Gasteiger charge is -2.13. The van der Waals surface area contributed by atoms with Crippen LogP contribution in [0.2, 0.25) is 0 Å². The zero-order chi connectivity index (χ0) is 8.15. The molecule has 60 valence electrons. The normalized spacial score (nSPS) is 9.30. The van der Waals surface area contributed by atoms with Crippen molar-refractivity contribution in [2.45, 2.75) is 20.8 Å². The van der Waals surface area contributed by atoms with Crippen molar-refractivity contribution in [1.29, 1.82) is 0 Å². The van der Waals surface area contributed by atoms with Crippen LogP contribution in [0.15, 0.2) is 0 Å². The van der Waals surface area contributed by atoms with Gasteiger partial charge in [0.15, 0.2) is 0 Å². The molecule has 0 aromatic heterocycles. The Kier molecular flexibility index (Phi) is 4.08. The lowest BCUT2D eigenvalue weighted by molar-refractivity contribution is -0.470. The predicted octanol–water partition coefficient (Wildman–Crippen LogP) is 1.02. The molecule has 0 saturated carbocycles. The van der Waals surface area contributed by atoms with E-state index < -0.39 is 0 Å². The molecule has 0 amide bonds. The molecule has 0 unspecified atom stereocenters. The summed E-state index contributed by atoms with van der Waals surface area (Å²) in [6, 6.07) is 0. The van der Waals surface area contributed by atoms with Gasteiger partial charge in [0.2, 0.25) is 5.84 Å². The van der Waals surface area contributed by atoms with E-state index in [0.29, 0.717) is 0 Å².